The van der Waals surface area contributed by atoms with E-state index in [4.69, 9.17) is 9.47 Å². The van der Waals surface area contributed by atoms with E-state index in [-0.39, 0.29) is 18.6 Å². The summed E-state index contributed by atoms with van der Waals surface area (Å²) in [4.78, 5) is 39.4. The van der Waals surface area contributed by atoms with Crippen molar-refractivity contribution >= 4 is 18.0 Å². The van der Waals surface area contributed by atoms with E-state index < -0.39 is 30.1 Å². The number of benzene rings is 3. The Kier molecular flexibility index (Phi) is 9.61. The van der Waals surface area contributed by atoms with Gasteiger partial charge < -0.3 is 25.2 Å². The molecule has 2 bridgehead atoms. The van der Waals surface area contributed by atoms with Crippen molar-refractivity contribution in [3.63, 3.8) is 0 Å². The van der Waals surface area contributed by atoms with Gasteiger partial charge in [-0.2, -0.15) is 0 Å². The largest absolute Gasteiger partial charge is 0.489 e. The summed E-state index contributed by atoms with van der Waals surface area (Å²) in [7, 11) is 0. The van der Waals surface area contributed by atoms with E-state index in [9.17, 15) is 19.5 Å². The zero-order chi connectivity index (χ0) is 30.3. The van der Waals surface area contributed by atoms with Crippen molar-refractivity contribution in [1.29, 1.82) is 0 Å². The van der Waals surface area contributed by atoms with Crippen LogP contribution in [0.5, 0.6) is 5.75 Å². The third-order valence-electron chi connectivity index (χ3n) is 8.28. The number of carbonyl (C=O) groups is 3. The SMILES string of the molecule is CC(C)C(NC(=O)c1ccc(COc2cccc([C@@H](NC(=O)OC3CN4CCC3CC4)c3ccccc3)c2)cc1)C(=O)O. The highest BCUT2D eigenvalue weighted by Crippen LogP contribution is 2.31. The monoisotopic (exact) mass is 585 g/mol. The fraction of sp³-hybridized carbons (Fsp3) is 0.382. The van der Waals surface area contributed by atoms with Crippen LogP contribution in [-0.4, -0.2) is 59.8 Å². The average molecular weight is 586 g/mol. The minimum absolute atomic E-state index is 0.0835. The van der Waals surface area contributed by atoms with Gasteiger partial charge >= 0.3 is 12.1 Å². The molecule has 9 heteroatoms. The third kappa shape index (κ3) is 7.73. The number of fused-ring (bicyclic) bond motifs is 3. The topological polar surface area (TPSA) is 117 Å². The second kappa shape index (κ2) is 13.7. The van der Waals surface area contributed by atoms with Gasteiger partial charge in [-0.25, -0.2) is 9.59 Å². The molecule has 3 saturated heterocycles. The van der Waals surface area contributed by atoms with Crippen LogP contribution in [0.4, 0.5) is 4.79 Å². The lowest BCUT2D eigenvalue weighted by Crippen LogP contribution is -2.52. The molecular weight excluding hydrogens is 546 g/mol. The molecule has 3 N–H and O–H groups in total. The van der Waals surface area contributed by atoms with Gasteiger partial charge in [-0.3, -0.25) is 9.69 Å². The van der Waals surface area contributed by atoms with Crippen LogP contribution < -0.4 is 15.4 Å². The van der Waals surface area contributed by atoms with Crippen molar-refractivity contribution in [2.24, 2.45) is 11.8 Å². The molecule has 3 aromatic rings. The van der Waals surface area contributed by atoms with E-state index in [0.29, 0.717) is 17.2 Å². The molecule has 3 atom stereocenters. The molecule has 6 rings (SSSR count). The van der Waals surface area contributed by atoms with E-state index in [2.05, 4.69) is 15.5 Å². The first-order chi connectivity index (χ1) is 20.8. The summed E-state index contributed by atoms with van der Waals surface area (Å²) in [5.74, 6) is -0.682. The van der Waals surface area contributed by atoms with Gasteiger partial charge in [0.1, 0.15) is 24.5 Å². The van der Waals surface area contributed by atoms with Crippen molar-refractivity contribution in [3.8, 4) is 5.75 Å². The number of carboxylic acids is 1. The molecule has 226 valence electrons. The Morgan fingerprint density at radius 1 is 0.907 bits per heavy atom. The maximum atomic E-state index is 13.1. The number of carbonyl (C=O) groups excluding carboxylic acids is 2. The van der Waals surface area contributed by atoms with E-state index in [1.54, 1.807) is 38.1 Å². The molecule has 43 heavy (non-hydrogen) atoms. The maximum Gasteiger partial charge on any atom is 0.408 e. The van der Waals surface area contributed by atoms with Crippen LogP contribution in [0.1, 0.15) is 59.8 Å². The highest BCUT2D eigenvalue weighted by molar-refractivity contribution is 5.96. The van der Waals surface area contributed by atoms with Crippen LogP contribution in [0.3, 0.4) is 0 Å². The Labute approximate surface area is 252 Å². The van der Waals surface area contributed by atoms with Gasteiger partial charge in [0.15, 0.2) is 0 Å². The molecule has 0 spiro atoms. The summed E-state index contributed by atoms with van der Waals surface area (Å²) >= 11 is 0. The highest BCUT2D eigenvalue weighted by atomic mass is 16.6. The number of hydrogen-bond acceptors (Lipinski definition) is 6. The molecule has 0 aromatic heterocycles. The number of alkyl carbamates (subject to hydrolysis) is 1. The van der Waals surface area contributed by atoms with Crippen molar-refractivity contribution in [1.82, 2.24) is 15.5 Å². The van der Waals surface area contributed by atoms with Crippen molar-refractivity contribution in [2.75, 3.05) is 19.6 Å². The predicted molar refractivity (Wildman–Crippen MR) is 162 cm³/mol. The number of amides is 2. The van der Waals surface area contributed by atoms with Crippen LogP contribution in [0.2, 0.25) is 0 Å². The molecule has 2 amide bonds. The maximum absolute atomic E-state index is 13.1. The van der Waals surface area contributed by atoms with Gasteiger partial charge in [0.05, 0.1) is 6.04 Å². The van der Waals surface area contributed by atoms with Crippen LogP contribution >= 0.6 is 0 Å². The van der Waals surface area contributed by atoms with Gasteiger partial charge in [0.25, 0.3) is 5.91 Å². The van der Waals surface area contributed by atoms with E-state index >= 15 is 0 Å². The first-order valence-corrected chi connectivity index (χ1v) is 14.9. The average Bonchev–Trinajstić information content (AvgIpc) is 3.02. The van der Waals surface area contributed by atoms with Gasteiger partial charge in [0.2, 0.25) is 0 Å². The minimum Gasteiger partial charge on any atom is -0.489 e. The number of ether oxygens (including phenoxy) is 2. The van der Waals surface area contributed by atoms with Crippen LogP contribution in [0, 0.1) is 11.8 Å². The molecule has 0 aliphatic carbocycles. The van der Waals surface area contributed by atoms with Gasteiger partial charge in [-0.05, 0) is 78.7 Å². The number of rotatable bonds is 11. The molecule has 3 aromatic carbocycles. The van der Waals surface area contributed by atoms with Gasteiger partial charge in [0, 0.05) is 12.1 Å². The number of nitrogens with one attached hydrogen (secondary N) is 2. The number of aliphatic carboxylic acids is 1. The fourth-order valence-electron chi connectivity index (χ4n) is 5.78. The lowest BCUT2D eigenvalue weighted by Gasteiger charge is -2.43. The number of piperidine rings is 3. The summed E-state index contributed by atoms with van der Waals surface area (Å²) in [5, 5.41) is 15.0. The Bertz CT molecular complexity index is 1400. The Morgan fingerprint density at radius 3 is 2.23 bits per heavy atom. The lowest BCUT2D eigenvalue weighted by molar-refractivity contribution is -0.140. The second-order valence-electron chi connectivity index (χ2n) is 11.7. The van der Waals surface area contributed by atoms with Crippen molar-refractivity contribution < 1.29 is 29.0 Å². The zero-order valence-electron chi connectivity index (χ0n) is 24.6. The van der Waals surface area contributed by atoms with Crippen LogP contribution in [-0.2, 0) is 16.1 Å². The van der Waals surface area contributed by atoms with Crippen molar-refractivity contribution in [3.05, 3.63) is 101 Å². The Morgan fingerprint density at radius 2 is 1.60 bits per heavy atom. The first-order valence-electron chi connectivity index (χ1n) is 14.9. The molecule has 3 aliphatic rings. The highest BCUT2D eigenvalue weighted by Gasteiger charge is 2.37. The summed E-state index contributed by atoms with van der Waals surface area (Å²) in [6, 6.07) is 22.9. The summed E-state index contributed by atoms with van der Waals surface area (Å²) < 4.78 is 12.0. The quantitative estimate of drug-likeness (QED) is 0.290. The number of carboxylic acid groups (broad SMARTS) is 1. The third-order valence-corrected chi connectivity index (χ3v) is 8.28. The molecule has 9 nitrogen and oxygen atoms in total. The Hall–Kier alpha value is -4.37. The van der Waals surface area contributed by atoms with E-state index in [1.165, 1.54) is 0 Å². The molecule has 2 unspecified atom stereocenters. The van der Waals surface area contributed by atoms with Crippen molar-refractivity contribution in [2.45, 2.75) is 51.5 Å². The standard InChI is InChI=1S/C34H39N3O6/c1-22(2)30(33(39)40)35-32(38)26-13-11-23(12-14-26)21-42-28-10-6-9-27(19-28)31(25-7-4-3-5-8-25)36-34(41)43-29-20-37-17-15-24(29)16-18-37/h3-14,19,22,24,29-31H,15-18,20-21H2,1-2H3,(H,35,38)(H,36,41)(H,39,40)/t29?,30?,31-/m0/s1. The Balaban J connectivity index is 1.23. The smallest absolute Gasteiger partial charge is 0.408 e. The predicted octanol–water partition coefficient (Wildman–Crippen LogP) is 5.01. The second-order valence-corrected chi connectivity index (χ2v) is 11.7. The molecule has 0 saturated carbocycles. The molecule has 3 heterocycles. The van der Waals surface area contributed by atoms with Gasteiger partial charge in [-0.15, -0.1) is 0 Å². The fourth-order valence-corrected chi connectivity index (χ4v) is 5.78. The number of hydrogen-bond donors (Lipinski definition) is 3. The summed E-state index contributed by atoms with van der Waals surface area (Å²) in [5.41, 5.74) is 3.01. The van der Waals surface area contributed by atoms with Crippen LogP contribution in [0.25, 0.3) is 0 Å². The molecule has 0 radical (unpaired) electrons. The van der Waals surface area contributed by atoms with Crippen LogP contribution in [0.15, 0.2) is 78.9 Å². The molecule has 3 aliphatic heterocycles. The number of nitrogens with zero attached hydrogens (tertiary/aromatic N) is 1. The summed E-state index contributed by atoms with van der Waals surface area (Å²) in [6.45, 7) is 6.71. The zero-order valence-corrected chi connectivity index (χ0v) is 24.6. The van der Waals surface area contributed by atoms with E-state index in [1.807, 2.05) is 54.6 Å². The first kappa shape index (κ1) is 30.1. The summed E-state index contributed by atoms with van der Waals surface area (Å²) in [6.07, 6.45) is 1.63. The molecular formula is C34H39N3O6. The van der Waals surface area contributed by atoms with Gasteiger partial charge in [-0.1, -0.05) is 68.4 Å². The normalized spacial score (nSPS) is 20.6. The lowest BCUT2D eigenvalue weighted by atomic mass is 9.86. The molecule has 3 fully saturated rings. The minimum atomic E-state index is -1.06. The van der Waals surface area contributed by atoms with E-state index in [0.717, 1.165) is 49.2 Å².